The molecule has 0 unspecified atom stereocenters. The van der Waals surface area contributed by atoms with Crippen molar-refractivity contribution in [3.63, 3.8) is 0 Å². The topological polar surface area (TPSA) is 61.8 Å². The lowest BCUT2D eigenvalue weighted by Gasteiger charge is -2.11. The van der Waals surface area contributed by atoms with Gasteiger partial charge in [0.15, 0.2) is 0 Å². The Balaban J connectivity index is 1.88. The molecule has 19 heavy (non-hydrogen) atoms. The molecule has 1 aromatic heterocycles. The molecule has 3 rings (SSSR count). The molecule has 0 aliphatic heterocycles. The van der Waals surface area contributed by atoms with Crippen LogP contribution in [0.15, 0.2) is 6.58 Å². The molecule has 100 valence electrons. The Morgan fingerprint density at radius 1 is 1.32 bits per heavy atom. The van der Waals surface area contributed by atoms with Gasteiger partial charge in [0.25, 0.3) is 0 Å². The lowest BCUT2D eigenvalue weighted by Crippen LogP contribution is -2.14. The third-order valence-electron chi connectivity index (χ3n) is 4.11. The minimum Gasteiger partial charge on any atom is -0.396 e. The number of thiophene rings is 1. The summed E-state index contributed by atoms with van der Waals surface area (Å²) in [5, 5.41) is 13.8. The Kier molecular flexibility index (Phi) is 3.24. The van der Waals surface area contributed by atoms with Crippen LogP contribution in [0.4, 0.5) is 10.7 Å². The monoisotopic (exact) mass is 273 g/mol. The van der Waals surface area contributed by atoms with E-state index in [1.165, 1.54) is 38.5 Å². The average molecular weight is 273 g/mol. The fourth-order valence-corrected chi connectivity index (χ4v) is 3.96. The number of hydrogen-bond donors (Lipinski definition) is 2. The van der Waals surface area contributed by atoms with Gasteiger partial charge in [-0.25, -0.2) is 0 Å². The fourth-order valence-electron chi connectivity index (χ4n) is 2.77. The first-order valence-corrected chi connectivity index (χ1v) is 7.80. The largest absolute Gasteiger partial charge is 0.396 e. The molecule has 1 heterocycles. The van der Waals surface area contributed by atoms with E-state index in [9.17, 15) is 5.26 Å². The standard InChI is InChI=1S/C15H19N3S/c1-9(10-6-7-10)14-13(17)12(8-16)15(19-14)18-11-4-2-3-5-11/h10-11,18H,1-7,17H2. The van der Waals surface area contributed by atoms with E-state index < -0.39 is 0 Å². The first-order valence-electron chi connectivity index (χ1n) is 6.98. The smallest absolute Gasteiger partial charge is 0.110 e. The van der Waals surface area contributed by atoms with Crippen LogP contribution in [0.1, 0.15) is 49.0 Å². The van der Waals surface area contributed by atoms with Crippen LogP contribution in [0, 0.1) is 17.2 Å². The quantitative estimate of drug-likeness (QED) is 0.872. The highest BCUT2D eigenvalue weighted by atomic mass is 32.1. The summed E-state index contributed by atoms with van der Waals surface area (Å²) in [4.78, 5) is 1.03. The van der Waals surface area contributed by atoms with E-state index in [1.54, 1.807) is 11.3 Å². The van der Waals surface area contributed by atoms with Crippen molar-refractivity contribution in [3.8, 4) is 6.07 Å². The molecule has 0 spiro atoms. The van der Waals surface area contributed by atoms with Crippen molar-refractivity contribution in [3.05, 3.63) is 17.0 Å². The van der Waals surface area contributed by atoms with Crippen LogP contribution >= 0.6 is 11.3 Å². The van der Waals surface area contributed by atoms with Crippen LogP contribution in [0.5, 0.6) is 0 Å². The number of anilines is 2. The second-order valence-electron chi connectivity index (χ2n) is 5.59. The molecule has 0 bridgehead atoms. The van der Waals surface area contributed by atoms with Gasteiger partial charge in [0, 0.05) is 6.04 Å². The number of hydrogen-bond acceptors (Lipinski definition) is 4. The first kappa shape index (κ1) is 12.6. The molecule has 4 heteroatoms. The average Bonchev–Trinajstić information content (AvgIpc) is 3.05. The molecule has 3 N–H and O–H groups in total. The molecule has 0 saturated heterocycles. The van der Waals surface area contributed by atoms with Crippen molar-refractivity contribution in [1.82, 2.24) is 0 Å². The molecule has 0 atom stereocenters. The Bertz CT molecular complexity index is 542. The lowest BCUT2D eigenvalue weighted by atomic mass is 10.1. The zero-order valence-electron chi connectivity index (χ0n) is 11.0. The van der Waals surface area contributed by atoms with Crippen molar-refractivity contribution in [2.75, 3.05) is 11.1 Å². The van der Waals surface area contributed by atoms with Crippen molar-refractivity contribution < 1.29 is 0 Å². The van der Waals surface area contributed by atoms with Gasteiger partial charge in [-0.3, -0.25) is 0 Å². The van der Waals surface area contributed by atoms with E-state index in [0.717, 1.165) is 15.5 Å². The summed E-state index contributed by atoms with van der Waals surface area (Å²) in [6.07, 6.45) is 7.38. The first-order chi connectivity index (χ1) is 9.20. The number of nitrogens with zero attached hydrogens (tertiary/aromatic N) is 1. The molecule has 2 saturated carbocycles. The van der Waals surface area contributed by atoms with Crippen LogP contribution in [0.3, 0.4) is 0 Å². The van der Waals surface area contributed by atoms with Gasteiger partial charge in [-0.2, -0.15) is 5.26 Å². The fraction of sp³-hybridized carbons (Fsp3) is 0.533. The number of nitrogen functional groups attached to an aromatic ring is 1. The van der Waals surface area contributed by atoms with Crippen LogP contribution in [0.25, 0.3) is 5.57 Å². The van der Waals surface area contributed by atoms with Crippen molar-refractivity contribution >= 4 is 27.6 Å². The molecule has 0 radical (unpaired) electrons. The maximum Gasteiger partial charge on any atom is 0.110 e. The Hall–Kier alpha value is -1.47. The Morgan fingerprint density at radius 3 is 2.58 bits per heavy atom. The second kappa shape index (κ2) is 4.90. The van der Waals surface area contributed by atoms with E-state index >= 15 is 0 Å². The zero-order chi connectivity index (χ0) is 13.4. The number of nitrogens with one attached hydrogen (secondary N) is 1. The number of nitriles is 1. The van der Waals surface area contributed by atoms with Gasteiger partial charge < -0.3 is 11.1 Å². The Labute approximate surface area is 118 Å². The molecule has 3 nitrogen and oxygen atoms in total. The second-order valence-corrected chi connectivity index (χ2v) is 6.61. The highest BCUT2D eigenvalue weighted by Gasteiger charge is 2.30. The number of allylic oxidation sites excluding steroid dienone is 1. The van der Waals surface area contributed by atoms with Crippen LogP contribution in [0.2, 0.25) is 0 Å². The van der Waals surface area contributed by atoms with Crippen LogP contribution in [-0.2, 0) is 0 Å². The predicted molar refractivity (Wildman–Crippen MR) is 81.1 cm³/mol. The van der Waals surface area contributed by atoms with E-state index in [1.807, 2.05) is 0 Å². The zero-order valence-corrected chi connectivity index (χ0v) is 11.9. The number of nitrogens with two attached hydrogens (primary N) is 1. The van der Waals surface area contributed by atoms with Crippen molar-refractivity contribution in [1.29, 1.82) is 5.26 Å². The normalized spacial score (nSPS) is 19.3. The third-order valence-corrected chi connectivity index (χ3v) is 5.32. The molecule has 1 aromatic rings. The van der Waals surface area contributed by atoms with Gasteiger partial charge in [0.1, 0.15) is 16.6 Å². The summed E-state index contributed by atoms with van der Waals surface area (Å²) < 4.78 is 0. The van der Waals surface area contributed by atoms with Crippen molar-refractivity contribution in [2.24, 2.45) is 5.92 Å². The maximum atomic E-state index is 9.33. The molecule has 2 aliphatic rings. The molecular weight excluding hydrogens is 254 g/mol. The summed E-state index contributed by atoms with van der Waals surface area (Å²) in [5.74, 6) is 0.590. The minimum atomic E-state index is 0.507. The molecular formula is C15H19N3S. The third kappa shape index (κ3) is 2.35. The molecule has 2 aliphatic carbocycles. The van der Waals surface area contributed by atoms with Crippen LogP contribution < -0.4 is 11.1 Å². The summed E-state index contributed by atoms with van der Waals surface area (Å²) in [7, 11) is 0. The SMILES string of the molecule is C=C(c1sc(NC2CCCC2)c(C#N)c1N)C1CC1. The summed E-state index contributed by atoms with van der Waals surface area (Å²) in [6.45, 7) is 4.16. The molecule has 2 fully saturated rings. The van der Waals surface area contributed by atoms with E-state index in [0.29, 0.717) is 23.2 Å². The van der Waals surface area contributed by atoms with E-state index in [-0.39, 0.29) is 0 Å². The van der Waals surface area contributed by atoms with Gasteiger partial charge in [-0.15, -0.1) is 11.3 Å². The summed E-state index contributed by atoms with van der Waals surface area (Å²) in [6, 6.07) is 2.76. The highest BCUT2D eigenvalue weighted by molar-refractivity contribution is 7.18. The van der Waals surface area contributed by atoms with Gasteiger partial charge in [0.2, 0.25) is 0 Å². The lowest BCUT2D eigenvalue weighted by molar-refractivity contribution is 0.758. The molecule has 0 amide bonds. The van der Waals surface area contributed by atoms with Gasteiger partial charge >= 0.3 is 0 Å². The van der Waals surface area contributed by atoms with Gasteiger partial charge in [-0.1, -0.05) is 19.4 Å². The van der Waals surface area contributed by atoms with Crippen molar-refractivity contribution in [2.45, 2.75) is 44.6 Å². The van der Waals surface area contributed by atoms with Gasteiger partial charge in [0.05, 0.1) is 10.6 Å². The Morgan fingerprint density at radius 2 is 2.00 bits per heavy atom. The minimum absolute atomic E-state index is 0.507. The highest BCUT2D eigenvalue weighted by Crippen LogP contribution is 2.48. The van der Waals surface area contributed by atoms with E-state index in [2.05, 4.69) is 18.0 Å². The van der Waals surface area contributed by atoms with Crippen LogP contribution in [-0.4, -0.2) is 6.04 Å². The molecule has 0 aromatic carbocycles. The predicted octanol–water partition coefficient (Wildman–Crippen LogP) is 3.98. The number of rotatable bonds is 4. The van der Waals surface area contributed by atoms with Gasteiger partial charge in [-0.05, 0) is 37.2 Å². The summed E-state index contributed by atoms with van der Waals surface area (Å²) >= 11 is 1.62. The van der Waals surface area contributed by atoms with E-state index in [4.69, 9.17) is 5.73 Å². The summed E-state index contributed by atoms with van der Waals surface area (Å²) in [5.41, 5.74) is 8.51. The maximum absolute atomic E-state index is 9.33.